The monoisotopic (exact) mass is 845 g/mol. The Labute approximate surface area is 359 Å². The molecule has 310 valence electrons. The van der Waals surface area contributed by atoms with Gasteiger partial charge in [-0.3, -0.25) is 19.0 Å². The van der Waals surface area contributed by atoms with E-state index in [2.05, 4.69) is 34.6 Å². The summed E-state index contributed by atoms with van der Waals surface area (Å²) in [6.07, 6.45) is 6.93. The van der Waals surface area contributed by atoms with Gasteiger partial charge in [0.15, 0.2) is 5.82 Å². The van der Waals surface area contributed by atoms with E-state index in [1.807, 2.05) is 96.5 Å². The van der Waals surface area contributed by atoms with Crippen LogP contribution >= 0.6 is 23.2 Å². The second kappa shape index (κ2) is 15.5. The van der Waals surface area contributed by atoms with Crippen molar-refractivity contribution in [2.24, 2.45) is 14.1 Å². The molecule has 1 saturated heterocycles. The molecule has 12 nitrogen and oxygen atoms in total. The average molecular weight is 847 g/mol. The van der Waals surface area contributed by atoms with Crippen LogP contribution in [0.25, 0.3) is 44.3 Å². The number of likely N-dealkylation sites (tertiary alicyclic amines) is 1. The van der Waals surface area contributed by atoms with E-state index in [4.69, 9.17) is 33.0 Å². The number of benzene rings is 3. The van der Waals surface area contributed by atoms with E-state index < -0.39 is 0 Å². The van der Waals surface area contributed by atoms with Crippen molar-refractivity contribution < 1.29 is 14.3 Å². The number of carbonyl (C=O) groups excluding carboxylic acids is 2. The Kier molecular flexibility index (Phi) is 10.3. The van der Waals surface area contributed by atoms with Gasteiger partial charge in [-0.2, -0.15) is 10.2 Å². The second-order valence-electron chi connectivity index (χ2n) is 16.5. The lowest BCUT2D eigenvalue weighted by Gasteiger charge is -2.34. The highest BCUT2D eigenvalue weighted by molar-refractivity contribution is 6.35. The minimum Gasteiger partial charge on any atom is -0.494 e. The Morgan fingerprint density at radius 3 is 2.37 bits per heavy atom. The second-order valence-corrected chi connectivity index (χ2v) is 17.3. The molecule has 1 unspecified atom stereocenters. The number of hydrogen-bond acceptors (Lipinski definition) is 6. The zero-order valence-electron chi connectivity index (χ0n) is 35.1. The van der Waals surface area contributed by atoms with Gasteiger partial charge in [0.05, 0.1) is 34.0 Å². The fraction of sp³-hybridized carbons (Fsp3) is 0.370. The first-order chi connectivity index (χ1) is 28.8. The topological polar surface area (TPSA) is 108 Å². The van der Waals surface area contributed by atoms with Crippen molar-refractivity contribution in [3.8, 4) is 28.3 Å². The van der Waals surface area contributed by atoms with Crippen LogP contribution in [0.1, 0.15) is 70.8 Å². The molecule has 14 heteroatoms. The third-order valence-electron chi connectivity index (χ3n) is 12.3. The summed E-state index contributed by atoms with van der Waals surface area (Å²) in [6, 6.07) is 13.8. The molecular formula is C46H49Cl2N9O3. The van der Waals surface area contributed by atoms with Gasteiger partial charge in [0.2, 0.25) is 5.91 Å². The first-order valence-electron chi connectivity index (χ1n) is 20.6. The number of carbonyl (C=O) groups is 2. The quantitative estimate of drug-likeness (QED) is 0.127. The number of halogens is 2. The normalized spacial score (nSPS) is 15.6. The van der Waals surface area contributed by atoms with E-state index in [1.165, 1.54) is 0 Å². The van der Waals surface area contributed by atoms with Crippen LogP contribution in [0.15, 0.2) is 55.0 Å². The molecule has 1 atom stereocenters. The molecule has 0 spiro atoms. The van der Waals surface area contributed by atoms with E-state index in [1.54, 1.807) is 11.0 Å². The van der Waals surface area contributed by atoms with E-state index in [9.17, 15) is 4.79 Å². The lowest BCUT2D eigenvalue weighted by molar-refractivity contribution is -0.130. The van der Waals surface area contributed by atoms with Gasteiger partial charge in [0.25, 0.3) is 5.91 Å². The van der Waals surface area contributed by atoms with E-state index in [-0.39, 0.29) is 24.4 Å². The lowest BCUT2D eigenvalue weighted by atomic mass is 9.98. The molecule has 2 aliphatic heterocycles. The molecule has 2 aliphatic rings. The Hall–Kier alpha value is -5.59. The minimum absolute atomic E-state index is 0.0729. The summed E-state index contributed by atoms with van der Waals surface area (Å²) in [5.41, 5.74) is 10.6. The Bertz CT molecular complexity index is 2840. The highest BCUT2D eigenvalue weighted by Gasteiger charge is 2.38. The highest BCUT2D eigenvalue weighted by Crippen LogP contribution is 2.46. The molecule has 9 rings (SSSR count). The third-order valence-corrected chi connectivity index (χ3v) is 13.2. The SMILES string of the molecule is Cc1cc(OCCCc2c3n(c4c(-c5c(C)nn(C)c5C)c(Cl)ccc24)C(C)CN(c2cn(CC(=O)N4CCCC4)c4ccc(-c5ncn(C)n5)cc24)C3=O)cc(C)c1Cl. The van der Waals surface area contributed by atoms with E-state index in [0.29, 0.717) is 42.5 Å². The van der Waals surface area contributed by atoms with Crippen molar-refractivity contribution in [1.82, 2.24) is 38.6 Å². The summed E-state index contributed by atoms with van der Waals surface area (Å²) in [5, 5.41) is 12.5. The van der Waals surface area contributed by atoms with Crippen molar-refractivity contribution in [3.63, 3.8) is 0 Å². The van der Waals surface area contributed by atoms with E-state index in [0.717, 1.165) is 109 Å². The van der Waals surface area contributed by atoms with Crippen LogP contribution in [0.4, 0.5) is 5.69 Å². The number of ether oxygens (including phenoxy) is 1. The number of anilines is 1. The first-order valence-corrected chi connectivity index (χ1v) is 21.4. The van der Waals surface area contributed by atoms with Crippen molar-refractivity contribution >= 4 is 62.5 Å². The Morgan fingerprint density at radius 1 is 0.933 bits per heavy atom. The molecule has 0 bridgehead atoms. The lowest BCUT2D eigenvalue weighted by Crippen LogP contribution is -2.42. The van der Waals surface area contributed by atoms with Gasteiger partial charge in [-0.1, -0.05) is 29.3 Å². The van der Waals surface area contributed by atoms with Gasteiger partial charge in [-0.25, -0.2) is 4.98 Å². The summed E-state index contributed by atoms with van der Waals surface area (Å²) in [4.78, 5) is 37.5. The number of aromatic nitrogens is 7. The van der Waals surface area contributed by atoms with Gasteiger partial charge >= 0.3 is 0 Å². The molecule has 0 radical (unpaired) electrons. The van der Waals surface area contributed by atoms with Crippen LogP contribution in [0, 0.1) is 27.7 Å². The molecule has 3 aromatic carbocycles. The summed E-state index contributed by atoms with van der Waals surface area (Å²) in [5.74, 6) is 1.31. The summed E-state index contributed by atoms with van der Waals surface area (Å²) in [7, 11) is 3.78. The summed E-state index contributed by atoms with van der Waals surface area (Å²) < 4.78 is 14.1. The predicted molar refractivity (Wildman–Crippen MR) is 238 cm³/mol. The van der Waals surface area contributed by atoms with Gasteiger partial charge < -0.3 is 23.7 Å². The highest BCUT2D eigenvalue weighted by atomic mass is 35.5. The third kappa shape index (κ3) is 6.74. The first kappa shape index (κ1) is 39.8. The van der Waals surface area contributed by atoms with Crippen LogP contribution in [0.3, 0.4) is 0 Å². The number of rotatable bonds is 10. The van der Waals surface area contributed by atoms with Crippen LogP contribution in [0.2, 0.25) is 10.0 Å². The number of hydrogen-bond donors (Lipinski definition) is 0. The number of nitrogens with zero attached hydrogens (tertiary/aromatic N) is 9. The Morgan fingerprint density at radius 2 is 1.68 bits per heavy atom. The molecule has 1 fully saturated rings. The smallest absolute Gasteiger partial charge is 0.275 e. The van der Waals surface area contributed by atoms with Crippen LogP contribution in [-0.4, -0.2) is 76.6 Å². The minimum atomic E-state index is -0.148. The zero-order chi connectivity index (χ0) is 42.1. The van der Waals surface area contributed by atoms with Gasteiger partial charge in [0, 0.05) is 84.1 Å². The largest absolute Gasteiger partial charge is 0.494 e. The molecule has 4 aromatic heterocycles. The van der Waals surface area contributed by atoms with Crippen molar-refractivity contribution in [2.45, 2.75) is 72.9 Å². The standard InChI is InChI=1S/C46H49Cl2N9O3/c1-26-19-32(20-27(2)42(26)48)60-18-10-11-33-34-13-14-36(47)41(40-29(4)50-53(7)30(40)5)43(34)57-28(3)22-56(46(59)44(33)57)38-23-55(24-39(58)54-16-8-9-17-54)37-15-12-31(21-35(37)38)45-49-25-52(6)51-45/h12-15,19-21,23,25,28H,8-11,16-18,22,24H2,1-7H3. The Balaban J connectivity index is 1.18. The van der Waals surface area contributed by atoms with Gasteiger partial charge in [0.1, 0.15) is 24.3 Å². The van der Waals surface area contributed by atoms with Gasteiger partial charge in [-0.15, -0.1) is 0 Å². The molecule has 0 saturated carbocycles. The maximum absolute atomic E-state index is 15.5. The molecule has 0 N–H and O–H groups in total. The maximum Gasteiger partial charge on any atom is 0.275 e. The molecule has 7 aromatic rings. The fourth-order valence-corrected chi connectivity index (χ4v) is 9.74. The number of aryl methyl sites for hydroxylation is 6. The number of amides is 2. The van der Waals surface area contributed by atoms with Gasteiger partial charge in [-0.05, 0) is 113 Å². The fourth-order valence-electron chi connectivity index (χ4n) is 9.38. The maximum atomic E-state index is 15.5. The van der Waals surface area contributed by atoms with Crippen LogP contribution < -0.4 is 9.64 Å². The summed E-state index contributed by atoms with van der Waals surface area (Å²) in [6.45, 7) is 12.7. The van der Waals surface area contributed by atoms with Crippen molar-refractivity contribution in [3.05, 3.63) is 98.8 Å². The molecule has 2 amide bonds. The summed E-state index contributed by atoms with van der Waals surface area (Å²) >= 11 is 13.6. The molecular weight excluding hydrogens is 797 g/mol. The van der Waals surface area contributed by atoms with Crippen molar-refractivity contribution in [1.29, 1.82) is 0 Å². The predicted octanol–water partition coefficient (Wildman–Crippen LogP) is 9.19. The van der Waals surface area contributed by atoms with Crippen LogP contribution in [-0.2, 0) is 31.9 Å². The molecule has 6 heterocycles. The molecule has 60 heavy (non-hydrogen) atoms. The van der Waals surface area contributed by atoms with Crippen LogP contribution in [0.5, 0.6) is 5.75 Å². The number of fused-ring (bicyclic) bond motifs is 4. The molecule has 0 aliphatic carbocycles. The van der Waals surface area contributed by atoms with Crippen molar-refractivity contribution in [2.75, 3.05) is 31.1 Å². The zero-order valence-corrected chi connectivity index (χ0v) is 36.7. The van der Waals surface area contributed by atoms with E-state index >= 15 is 4.79 Å². The average Bonchev–Trinajstić information content (AvgIpc) is 4.06.